The Hall–Kier alpha value is -3.18. The van der Waals surface area contributed by atoms with Crippen LogP contribution in [-0.2, 0) is 10.0 Å². The number of non-ortho nitro benzene ring substituents is 1. The number of anilines is 1. The first-order valence-electron chi connectivity index (χ1n) is 9.28. The minimum atomic E-state index is -3.98. The molecular formula is C19H24N4O6S. The molecule has 2 aromatic rings. The molecular weight excluding hydrogens is 412 g/mol. The Bertz CT molecular complexity index is 1040. The lowest BCUT2D eigenvalue weighted by Crippen LogP contribution is -2.31. The topological polar surface area (TPSA) is 134 Å². The van der Waals surface area contributed by atoms with Crippen molar-refractivity contribution in [3.8, 4) is 11.5 Å². The first-order valence-corrected chi connectivity index (χ1v) is 10.7. The van der Waals surface area contributed by atoms with Crippen LogP contribution in [0.5, 0.6) is 11.5 Å². The van der Waals surface area contributed by atoms with E-state index in [0.717, 1.165) is 6.07 Å². The van der Waals surface area contributed by atoms with E-state index in [0.29, 0.717) is 17.9 Å². The van der Waals surface area contributed by atoms with Crippen LogP contribution < -0.4 is 10.2 Å². The first-order chi connectivity index (χ1) is 14.3. The minimum absolute atomic E-state index is 0.0733. The summed E-state index contributed by atoms with van der Waals surface area (Å²) in [5, 5.41) is 25.3. The second kappa shape index (κ2) is 10.0. The van der Waals surface area contributed by atoms with Gasteiger partial charge in [0, 0.05) is 30.8 Å². The van der Waals surface area contributed by atoms with E-state index < -0.39 is 14.9 Å². The van der Waals surface area contributed by atoms with Crippen molar-refractivity contribution in [2.75, 3.05) is 25.1 Å². The van der Waals surface area contributed by atoms with Crippen molar-refractivity contribution in [3.63, 3.8) is 0 Å². The van der Waals surface area contributed by atoms with E-state index in [1.165, 1.54) is 22.7 Å². The van der Waals surface area contributed by atoms with Crippen LogP contribution in [-0.4, -0.2) is 48.7 Å². The molecule has 0 bridgehead atoms. The predicted octanol–water partition coefficient (Wildman–Crippen LogP) is 3.18. The van der Waals surface area contributed by atoms with Gasteiger partial charge in [0.25, 0.3) is 5.69 Å². The summed E-state index contributed by atoms with van der Waals surface area (Å²) in [7, 11) is -3.98. The van der Waals surface area contributed by atoms with Gasteiger partial charge < -0.3 is 9.84 Å². The summed E-state index contributed by atoms with van der Waals surface area (Å²) < 4.78 is 32.4. The third-order valence-corrected chi connectivity index (χ3v) is 6.31. The summed E-state index contributed by atoms with van der Waals surface area (Å²) in [4.78, 5) is 10.2. The van der Waals surface area contributed by atoms with Gasteiger partial charge in [-0.15, -0.1) is 0 Å². The highest BCUT2D eigenvalue weighted by Gasteiger charge is 2.27. The highest BCUT2D eigenvalue weighted by molar-refractivity contribution is 7.89. The molecule has 0 aliphatic carbocycles. The number of hydrazone groups is 1. The van der Waals surface area contributed by atoms with Gasteiger partial charge in [0.05, 0.1) is 23.4 Å². The Morgan fingerprint density at radius 3 is 2.53 bits per heavy atom. The fourth-order valence-corrected chi connectivity index (χ4v) is 4.34. The van der Waals surface area contributed by atoms with Crippen LogP contribution in [0, 0.1) is 10.1 Å². The number of rotatable bonds is 10. The zero-order chi connectivity index (χ0) is 22.3. The summed E-state index contributed by atoms with van der Waals surface area (Å²) in [6.07, 6.45) is 1.30. The average molecular weight is 436 g/mol. The molecule has 162 valence electrons. The zero-order valence-electron chi connectivity index (χ0n) is 16.9. The number of nitrogens with one attached hydrogen (secondary N) is 1. The van der Waals surface area contributed by atoms with Gasteiger partial charge in [-0.2, -0.15) is 9.41 Å². The standard InChI is InChI=1S/C19H24N4O6S/c1-4-22(5-2)30(27,28)18-12-15(23(25)26)10-11-16(18)21-20-13-14-8-7-9-17(19(14)24)29-6-3/h7-13,21,24H,4-6H2,1-3H3/b20-13+. The van der Waals surface area contributed by atoms with Gasteiger partial charge in [0.2, 0.25) is 10.0 Å². The quantitative estimate of drug-likeness (QED) is 0.332. The van der Waals surface area contributed by atoms with E-state index in [1.807, 2.05) is 0 Å². The fourth-order valence-electron chi connectivity index (χ4n) is 2.72. The van der Waals surface area contributed by atoms with E-state index in [4.69, 9.17) is 4.74 Å². The molecule has 0 aromatic heterocycles. The molecule has 0 saturated carbocycles. The van der Waals surface area contributed by atoms with Crippen LogP contribution >= 0.6 is 0 Å². The molecule has 30 heavy (non-hydrogen) atoms. The molecule has 2 aromatic carbocycles. The van der Waals surface area contributed by atoms with E-state index in [1.54, 1.807) is 39.0 Å². The second-order valence-electron chi connectivity index (χ2n) is 6.02. The minimum Gasteiger partial charge on any atom is -0.504 e. The van der Waals surface area contributed by atoms with E-state index in [9.17, 15) is 23.6 Å². The smallest absolute Gasteiger partial charge is 0.270 e. The van der Waals surface area contributed by atoms with Crippen LogP contribution in [0.2, 0.25) is 0 Å². The highest BCUT2D eigenvalue weighted by Crippen LogP contribution is 2.30. The monoisotopic (exact) mass is 436 g/mol. The molecule has 0 radical (unpaired) electrons. The maximum absolute atomic E-state index is 12.9. The van der Waals surface area contributed by atoms with Crippen molar-refractivity contribution in [1.29, 1.82) is 0 Å². The molecule has 11 heteroatoms. The molecule has 0 amide bonds. The number of benzene rings is 2. The summed E-state index contributed by atoms with van der Waals surface area (Å²) in [5.41, 5.74) is 2.68. The van der Waals surface area contributed by atoms with E-state index >= 15 is 0 Å². The van der Waals surface area contributed by atoms with Crippen LogP contribution in [0.25, 0.3) is 0 Å². The van der Waals surface area contributed by atoms with Crippen LogP contribution in [0.15, 0.2) is 46.4 Å². The zero-order valence-corrected chi connectivity index (χ0v) is 17.7. The third-order valence-electron chi connectivity index (χ3n) is 4.22. The van der Waals surface area contributed by atoms with Gasteiger partial charge in [0.1, 0.15) is 4.90 Å². The summed E-state index contributed by atoms with van der Waals surface area (Å²) >= 11 is 0. The van der Waals surface area contributed by atoms with Gasteiger partial charge >= 0.3 is 0 Å². The Kier molecular flexibility index (Phi) is 7.72. The van der Waals surface area contributed by atoms with Crippen molar-refractivity contribution in [2.45, 2.75) is 25.7 Å². The second-order valence-corrected chi connectivity index (χ2v) is 7.93. The summed E-state index contributed by atoms with van der Waals surface area (Å²) in [6, 6.07) is 8.35. The largest absolute Gasteiger partial charge is 0.504 e. The normalized spacial score (nSPS) is 11.7. The highest BCUT2D eigenvalue weighted by atomic mass is 32.2. The number of phenolic OH excluding ortho intramolecular Hbond substituents is 1. The average Bonchev–Trinajstić information content (AvgIpc) is 2.71. The van der Waals surface area contributed by atoms with Crippen LogP contribution in [0.4, 0.5) is 11.4 Å². The van der Waals surface area contributed by atoms with E-state index in [-0.39, 0.29) is 35.1 Å². The predicted molar refractivity (Wildman–Crippen MR) is 114 cm³/mol. The van der Waals surface area contributed by atoms with Gasteiger partial charge in [-0.05, 0) is 25.1 Å². The van der Waals surface area contributed by atoms with E-state index in [2.05, 4.69) is 10.5 Å². The van der Waals surface area contributed by atoms with Gasteiger partial charge in [-0.3, -0.25) is 15.5 Å². The van der Waals surface area contributed by atoms with Crippen molar-refractivity contribution < 1.29 is 23.2 Å². The number of nitro groups is 1. The lowest BCUT2D eigenvalue weighted by Gasteiger charge is -2.20. The first kappa shape index (κ1) is 23.1. The SMILES string of the molecule is CCOc1cccc(/C=N/Nc2ccc([N+](=O)[O-])cc2S(=O)(=O)N(CC)CC)c1O. The van der Waals surface area contributed by atoms with Crippen molar-refractivity contribution in [1.82, 2.24) is 4.31 Å². The number of nitrogens with zero attached hydrogens (tertiary/aromatic N) is 3. The number of phenols is 1. The molecule has 10 nitrogen and oxygen atoms in total. The lowest BCUT2D eigenvalue weighted by atomic mass is 10.2. The number of hydrogen-bond acceptors (Lipinski definition) is 8. The molecule has 0 heterocycles. The number of nitro benzene ring substituents is 1. The maximum atomic E-state index is 12.9. The van der Waals surface area contributed by atoms with Crippen molar-refractivity contribution >= 4 is 27.6 Å². The number of sulfonamides is 1. The molecule has 2 N–H and O–H groups in total. The van der Waals surface area contributed by atoms with Gasteiger partial charge in [0.15, 0.2) is 11.5 Å². The molecule has 0 spiro atoms. The van der Waals surface area contributed by atoms with Crippen molar-refractivity contribution in [3.05, 3.63) is 52.1 Å². The molecule has 2 rings (SSSR count). The molecule has 0 unspecified atom stereocenters. The summed E-state index contributed by atoms with van der Waals surface area (Å²) in [5.74, 6) is 0.186. The van der Waals surface area contributed by atoms with Gasteiger partial charge in [-0.1, -0.05) is 19.9 Å². The molecule has 0 aliphatic heterocycles. The molecule has 0 aliphatic rings. The number of hydrogen-bond donors (Lipinski definition) is 2. The Labute approximate surface area is 175 Å². The van der Waals surface area contributed by atoms with Crippen molar-refractivity contribution in [2.24, 2.45) is 5.10 Å². The Morgan fingerprint density at radius 1 is 1.23 bits per heavy atom. The van der Waals surface area contributed by atoms with Gasteiger partial charge in [-0.25, -0.2) is 8.42 Å². The number of ether oxygens (including phenoxy) is 1. The Balaban J connectivity index is 2.42. The summed E-state index contributed by atoms with van der Waals surface area (Å²) in [6.45, 7) is 5.94. The number of para-hydroxylation sites is 1. The third kappa shape index (κ3) is 5.05. The maximum Gasteiger partial charge on any atom is 0.270 e. The van der Waals surface area contributed by atoms with Crippen LogP contribution in [0.1, 0.15) is 26.3 Å². The fraction of sp³-hybridized carbons (Fsp3) is 0.316. The number of aromatic hydroxyl groups is 1. The molecule has 0 fully saturated rings. The molecule has 0 atom stereocenters. The lowest BCUT2D eigenvalue weighted by molar-refractivity contribution is -0.385. The van der Waals surface area contributed by atoms with Crippen LogP contribution in [0.3, 0.4) is 0 Å². The Morgan fingerprint density at radius 2 is 1.93 bits per heavy atom. The molecule has 0 saturated heterocycles.